The van der Waals surface area contributed by atoms with Crippen LogP contribution in [0.1, 0.15) is 18.1 Å². The second kappa shape index (κ2) is 9.76. The molecule has 1 fully saturated rings. The van der Waals surface area contributed by atoms with E-state index in [9.17, 15) is 18.0 Å². The maximum absolute atomic E-state index is 12.9. The van der Waals surface area contributed by atoms with Crippen LogP contribution in [0.2, 0.25) is 0 Å². The zero-order valence-electron chi connectivity index (χ0n) is 17.5. The summed E-state index contributed by atoms with van der Waals surface area (Å²) in [5.41, 5.74) is 0.646. The fraction of sp³-hybridized carbons (Fsp3) is 0.348. The average Bonchev–Trinajstić information content (AvgIpc) is 2.78. The number of nitrogens with zero attached hydrogens (tertiary/aromatic N) is 2. The maximum Gasteiger partial charge on any atom is 0.416 e. The number of hydrogen-bond donors (Lipinski definition) is 0. The number of rotatable bonds is 6. The minimum Gasteiger partial charge on any atom is -0.493 e. The van der Waals surface area contributed by atoms with E-state index < -0.39 is 11.7 Å². The van der Waals surface area contributed by atoms with E-state index in [0.29, 0.717) is 50.0 Å². The first-order chi connectivity index (χ1) is 14.8. The predicted molar refractivity (Wildman–Crippen MR) is 113 cm³/mol. The molecule has 166 valence electrons. The van der Waals surface area contributed by atoms with Gasteiger partial charge in [0, 0.05) is 37.9 Å². The highest BCUT2D eigenvalue weighted by atomic mass is 19.4. The lowest BCUT2D eigenvalue weighted by Crippen LogP contribution is -2.48. The number of hydrogen-bond acceptors (Lipinski definition) is 4. The van der Waals surface area contributed by atoms with Crippen molar-refractivity contribution in [2.75, 3.05) is 44.8 Å². The third-order valence-electron chi connectivity index (χ3n) is 5.04. The lowest BCUT2D eigenvalue weighted by atomic mass is 10.1. The van der Waals surface area contributed by atoms with Gasteiger partial charge < -0.3 is 19.3 Å². The molecule has 1 heterocycles. The topological polar surface area (TPSA) is 42.0 Å². The van der Waals surface area contributed by atoms with E-state index in [1.807, 2.05) is 17.9 Å². The quantitative estimate of drug-likeness (QED) is 0.629. The van der Waals surface area contributed by atoms with Gasteiger partial charge in [0.15, 0.2) is 11.5 Å². The van der Waals surface area contributed by atoms with Crippen molar-refractivity contribution in [3.8, 4) is 11.5 Å². The maximum atomic E-state index is 12.9. The summed E-state index contributed by atoms with van der Waals surface area (Å²) in [7, 11) is 1.56. The van der Waals surface area contributed by atoms with Crippen LogP contribution in [0.15, 0.2) is 48.5 Å². The van der Waals surface area contributed by atoms with Crippen molar-refractivity contribution in [1.82, 2.24) is 4.90 Å². The van der Waals surface area contributed by atoms with Gasteiger partial charge in [0.1, 0.15) is 0 Å². The molecule has 2 aromatic rings. The number of halogens is 3. The van der Waals surface area contributed by atoms with Crippen LogP contribution in [-0.4, -0.2) is 50.7 Å². The van der Waals surface area contributed by atoms with Crippen LogP contribution in [0.5, 0.6) is 11.5 Å². The van der Waals surface area contributed by atoms with Crippen LogP contribution >= 0.6 is 0 Å². The number of amides is 1. The van der Waals surface area contributed by atoms with Crippen LogP contribution < -0.4 is 14.4 Å². The lowest BCUT2D eigenvalue weighted by molar-refractivity contribution is -0.137. The van der Waals surface area contributed by atoms with Gasteiger partial charge in [-0.25, -0.2) is 0 Å². The van der Waals surface area contributed by atoms with Crippen LogP contribution in [0, 0.1) is 0 Å². The van der Waals surface area contributed by atoms with Gasteiger partial charge in [-0.1, -0.05) is 12.1 Å². The molecule has 0 N–H and O–H groups in total. The summed E-state index contributed by atoms with van der Waals surface area (Å²) in [6, 6.07) is 10.7. The van der Waals surface area contributed by atoms with E-state index in [4.69, 9.17) is 9.47 Å². The summed E-state index contributed by atoms with van der Waals surface area (Å²) in [6.45, 7) is 4.22. The second-order valence-electron chi connectivity index (χ2n) is 7.04. The third-order valence-corrected chi connectivity index (χ3v) is 5.04. The minimum absolute atomic E-state index is 0.142. The summed E-state index contributed by atoms with van der Waals surface area (Å²) < 4.78 is 49.6. The van der Waals surface area contributed by atoms with E-state index in [0.717, 1.165) is 17.7 Å². The van der Waals surface area contributed by atoms with Crippen LogP contribution in [0.3, 0.4) is 0 Å². The fourth-order valence-corrected chi connectivity index (χ4v) is 3.40. The molecule has 0 spiro atoms. The summed E-state index contributed by atoms with van der Waals surface area (Å²) in [4.78, 5) is 16.1. The van der Waals surface area contributed by atoms with E-state index in [1.165, 1.54) is 12.1 Å². The van der Waals surface area contributed by atoms with Crippen LogP contribution in [0.4, 0.5) is 18.9 Å². The summed E-state index contributed by atoms with van der Waals surface area (Å²) in [5.74, 6) is 1.09. The molecule has 1 saturated heterocycles. The summed E-state index contributed by atoms with van der Waals surface area (Å²) in [5, 5.41) is 0. The molecular weight excluding hydrogens is 409 g/mol. The molecule has 0 radical (unpaired) electrons. The van der Waals surface area contributed by atoms with Gasteiger partial charge in [-0.15, -0.1) is 0 Å². The highest BCUT2D eigenvalue weighted by molar-refractivity contribution is 5.92. The Morgan fingerprint density at radius 2 is 1.81 bits per heavy atom. The molecule has 3 rings (SSSR count). The molecule has 0 aromatic heterocycles. The number of anilines is 1. The average molecular weight is 434 g/mol. The number of methoxy groups -OCH3 is 1. The number of carbonyl (C=O) groups excluding carboxylic acids is 1. The Balaban J connectivity index is 1.59. The van der Waals surface area contributed by atoms with Gasteiger partial charge in [-0.2, -0.15) is 13.2 Å². The molecule has 0 bridgehead atoms. The monoisotopic (exact) mass is 434 g/mol. The molecule has 31 heavy (non-hydrogen) atoms. The molecule has 0 aliphatic carbocycles. The zero-order valence-corrected chi connectivity index (χ0v) is 17.5. The van der Waals surface area contributed by atoms with Gasteiger partial charge >= 0.3 is 6.18 Å². The van der Waals surface area contributed by atoms with Gasteiger partial charge in [-0.05, 0) is 48.9 Å². The first-order valence-electron chi connectivity index (χ1n) is 10.0. The van der Waals surface area contributed by atoms with Gasteiger partial charge in [0.25, 0.3) is 0 Å². The van der Waals surface area contributed by atoms with Crippen molar-refractivity contribution in [3.63, 3.8) is 0 Å². The molecular formula is C23H25F3N2O3. The SMILES string of the molecule is CCOc1ccc(/C=C/C(=O)N2CCN(c3cccc(C(F)(F)F)c3)CC2)cc1OC. The molecule has 2 aromatic carbocycles. The second-order valence-corrected chi connectivity index (χ2v) is 7.04. The number of piperazine rings is 1. The Kier molecular flexibility index (Phi) is 7.09. The van der Waals surface area contributed by atoms with E-state index >= 15 is 0 Å². The predicted octanol–water partition coefficient (Wildman–Crippen LogP) is 4.47. The Labute approximate surface area is 179 Å². The highest BCUT2D eigenvalue weighted by Crippen LogP contribution is 2.32. The number of ether oxygens (including phenoxy) is 2. The summed E-state index contributed by atoms with van der Waals surface area (Å²) >= 11 is 0. The molecule has 1 amide bonds. The van der Waals surface area contributed by atoms with E-state index in [-0.39, 0.29) is 5.91 Å². The summed E-state index contributed by atoms with van der Waals surface area (Å²) in [6.07, 6.45) is -1.17. The van der Waals surface area contributed by atoms with E-state index in [2.05, 4.69) is 0 Å². The van der Waals surface area contributed by atoms with Crippen LogP contribution in [-0.2, 0) is 11.0 Å². The Hall–Kier alpha value is -3.16. The molecule has 8 heteroatoms. The Morgan fingerprint density at radius 3 is 2.45 bits per heavy atom. The first-order valence-corrected chi connectivity index (χ1v) is 10.0. The number of carbonyl (C=O) groups is 1. The van der Waals surface area contributed by atoms with Crippen molar-refractivity contribution in [3.05, 3.63) is 59.7 Å². The standard InChI is InChI=1S/C23H25F3N2O3/c1-3-31-20-9-7-17(15-21(20)30-2)8-10-22(29)28-13-11-27(12-14-28)19-6-4-5-18(16-19)23(24,25)26/h4-10,15-16H,3,11-14H2,1-2H3/b10-8+. The smallest absolute Gasteiger partial charge is 0.416 e. The van der Waals surface area contributed by atoms with E-state index in [1.54, 1.807) is 36.3 Å². The number of benzene rings is 2. The number of alkyl halides is 3. The minimum atomic E-state index is -4.37. The zero-order chi connectivity index (χ0) is 22.4. The first kappa shape index (κ1) is 22.5. The van der Waals surface area contributed by atoms with Crippen molar-refractivity contribution in [2.24, 2.45) is 0 Å². The van der Waals surface area contributed by atoms with Gasteiger partial charge in [0.2, 0.25) is 5.91 Å². The van der Waals surface area contributed by atoms with Crippen molar-refractivity contribution >= 4 is 17.7 Å². The molecule has 0 saturated carbocycles. The van der Waals surface area contributed by atoms with Crippen molar-refractivity contribution in [2.45, 2.75) is 13.1 Å². The molecule has 0 unspecified atom stereocenters. The fourth-order valence-electron chi connectivity index (χ4n) is 3.40. The van der Waals surface area contributed by atoms with Crippen LogP contribution in [0.25, 0.3) is 6.08 Å². The molecule has 5 nitrogen and oxygen atoms in total. The highest BCUT2D eigenvalue weighted by Gasteiger charge is 2.31. The molecule has 1 aliphatic rings. The van der Waals surface area contributed by atoms with Crippen molar-refractivity contribution in [1.29, 1.82) is 0 Å². The Morgan fingerprint density at radius 1 is 1.06 bits per heavy atom. The molecule has 0 atom stereocenters. The van der Waals surface area contributed by atoms with Gasteiger partial charge in [0.05, 0.1) is 19.3 Å². The third kappa shape index (κ3) is 5.71. The van der Waals surface area contributed by atoms with Crippen molar-refractivity contribution < 1.29 is 27.4 Å². The normalized spacial score (nSPS) is 14.7. The largest absolute Gasteiger partial charge is 0.493 e. The molecule has 1 aliphatic heterocycles. The lowest BCUT2D eigenvalue weighted by Gasteiger charge is -2.35. The Bertz CT molecular complexity index is 936. The van der Waals surface area contributed by atoms with Gasteiger partial charge in [-0.3, -0.25) is 4.79 Å².